The van der Waals surface area contributed by atoms with E-state index in [0.29, 0.717) is 16.9 Å². The number of aryl methyl sites for hydroxylation is 1. The average Bonchev–Trinajstić information content (AvgIpc) is 3.16. The maximum absolute atomic E-state index is 13.5. The zero-order chi connectivity index (χ0) is 20.7. The van der Waals surface area contributed by atoms with Gasteiger partial charge >= 0.3 is 0 Å². The van der Waals surface area contributed by atoms with E-state index in [1.165, 1.54) is 12.0 Å². The molecule has 1 aliphatic carbocycles. The zero-order valence-electron chi connectivity index (χ0n) is 16.9. The van der Waals surface area contributed by atoms with E-state index < -0.39 is 0 Å². The minimum absolute atomic E-state index is 0.136. The predicted octanol–water partition coefficient (Wildman–Crippen LogP) is 5.33. The summed E-state index contributed by atoms with van der Waals surface area (Å²) in [6.45, 7) is 1.87. The number of hydrogen-bond acceptors (Lipinski definition) is 3. The van der Waals surface area contributed by atoms with Crippen LogP contribution >= 0.6 is 0 Å². The number of benzene rings is 2. The molecule has 0 bridgehead atoms. The van der Waals surface area contributed by atoms with Gasteiger partial charge in [-0.25, -0.2) is 4.98 Å². The number of nitrogens with zero attached hydrogens (tertiary/aromatic N) is 2. The number of nitrogens with one attached hydrogen (secondary N) is 1. The van der Waals surface area contributed by atoms with Crippen LogP contribution < -0.4 is 5.56 Å². The van der Waals surface area contributed by atoms with E-state index in [1.54, 1.807) is 28.8 Å². The van der Waals surface area contributed by atoms with Crippen LogP contribution in [0, 0.1) is 6.92 Å². The van der Waals surface area contributed by atoms with Crippen molar-refractivity contribution in [3.8, 4) is 28.1 Å². The molecular weight excluding hydrogens is 374 g/mol. The fourth-order valence-electron chi connectivity index (χ4n) is 4.32. The zero-order valence-corrected chi connectivity index (χ0v) is 16.9. The van der Waals surface area contributed by atoms with Crippen LogP contribution in [0.3, 0.4) is 0 Å². The number of aromatic nitrogens is 3. The monoisotopic (exact) mass is 397 g/mol. The molecule has 5 nitrogen and oxygen atoms in total. The SMILES string of the molecule is Cc1nc2c(C3=CCCCC3)c(-c3ccccc3)[nH]n2c(=O)c1-c1ccc(O)cc1. The van der Waals surface area contributed by atoms with E-state index in [-0.39, 0.29) is 11.3 Å². The Balaban J connectivity index is 1.82. The molecule has 2 aromatic carbocycles. The first-order valence-electron chi connectivity index (χ1n) is 10.3. The van der Waals surface area contributed by atoms with Crippen LogP contribution in [0.15, 0.2) is 65.5 Å². The molecule has 150 valence electrons. The number of phenolic OH excluding ortho intramolecular Hbond substituents is 1. The van der Waals surface area contributed by atoms with Crippen molar-refractivity contribution in [1.29, 1.82) is 0 Å². The lowest BCUT2D eigenvalue weighted by atomic mass is 9.92. The maximum atomic E-state index is 13.5. The number of hydrogen-bond donors (Lipinski definition) is 2. The third-order valence-electron chi connectivity index (χ3n) is 5.79. The molecule has 2 heterocycles. The number of fused-ring (bicyclic) bond motifs is 1. The molecule has 0 atom stereocenters. The largest absolute Gasteiger partial charge is 0.508 e. The quantitative estimate of drug-likeness (QED) is 0.491. The Hall–Kier alpha value is -3.60. The lowest BCUT2D eigenvalue weighted by Crippen LogP contribution is -2.19. The van der Waals surface area contributed by atoms with Gasteiger partial charge in [0.1, 0.15) is 5.75 Å². The van der Waals surface area contributed by atoms with Crippen LogP contribution in [0.2, 0.25) is 0 Å². The number of phenols is 1. The van der Waals surface area contributed by atoms with Gasteiger partial charge in [0.25, 0.3) is 5.56 Å². The summed E-state index contributed by atoms with van der Waals surface area (Å²) in [5.74, 6) is 0.170. The molecule has 1 aliphatic rings. The molecule has 0 aliphatic heterocycles. The van der Waals surface area contributed by atoms with E-state index in [9.17, 15) is 9.90 Å². The Morgan fingerprint density at radius 1 is 0.967 bits per heavy atom. The summed E-state index contributed by atoms with van der Waals surface area (Å²) in [6.07, 6.45) is 6.67. The first-order chi connectivity index (χ1) is 14.6. The number of rotatable bonds is 3. The molecule has 5 rings (SSSR count). The number of aromatic amines is 1. The molecule has 0 saturated heterocycles. The Morgan fingerprint density at radius 3 is 2.43 bits per heavy atom. The minimum atomic E-state index is -0.136. The van der Waals surface area contributed by atoms with Crippen molar-refractivity contribution in [2.45, 2.75) is 32.6 Å². The van der Waals surface area contributed by atoms with Gasteiger partial charge in [-0.15, -0.1) is 0 Å². The van der Waals surface area contributed by atoms with Crippen LogP contribution in [-0.2, 0) is 0 Å². The van der Waals surface area contributed by atoms with Crippen LogP contribution in [0.1, 0.15) is 36.9 Å². The summed E-state index contributed by atoms with van der Waals surface area (Å²) in [6, 6.07) is 16.8. The highest BCUT2D eigenvalue weighted by atomic mass is 16.3. The van der Waals surface area contributed by atoms with Gasteiger partial charge in [0.05, 0.1) is 17.0 Å². The molecular formula is C25H23N3O2. The molecule has 5 heteroatoms. The number of H-pyrrole nitrogens is 1. The smallest absolute Gasteiger partial charge is 0.280 e. The van der Waals surface area contributed by atoms with Gasteiger partial charge < -0.3 is 5.11 Å². The van der Waals surface area contributed by atoms with Crippen LogP contribution in [0.5, 0.6) is 5.75 Å². The van der Waals surface area contributed by atoms with E-state index in [2.05, 4.69) is 23.3 Å². The third kappa shape index (κ3) is 3.03. The van der Waals surface area contributed by atoms with E-state index in [4.69, 9.17) is 4.98 Å². The molecule has 2 aromatic heterocycles. The van der Waals surface area contributed by atoms with Crippen LogP contribution in [0.4, 0.5) is 0 Å². The summed E-state index contributed by atoms with van der Waals surface area (Å²) in [5, 5.41) is 13.0. The fourth-order valence-corrected chi connectivity index (χ4v) is 4.32. The van der Waals surface area contributed by atoms with Gasteiger partial charge in [-0.3, -0.25) is 9.89 Å². The summed E-state index contributed by atoms with van der Waals surface area (Å²) in [7, 11) is 0. The third-order valence-corrected chi connectivity index (χ3v) is 5.79. The molecule has 0 amide bonds. The second-order valence-electron chi connectivity index (χ2n) is 7.79. The Labute approximate surface area is 174 Å². The van der Waals surface area contributed by atoms with Gasteiger partial charge in [-0.2, -0.15) is 4.52 Å². The molecule has 0 radical (unpaired) electrons. The summed E-state index contributed by atoms with van der Waals surface area (Å²) in [5.41, 5.74) is 6.74. The molecule has 0 saturated carbocycles. The van der Waals surface area contributed by atoms with Crippen molar-refractivity contribution in [2.75, 3.05) is 0 Å². The second kappa shape index (κ2) is 7.34. The lowest BCUT2D eigenvalue weighted by Gasteiger charge is -2.14. The topological polar surface area (TPSA) is 70.4 Å². The highest BCUT2D eigenvalue weighted by Gasteiger charge is 2.23. The van der Waals surface area contributed by atoms with Crippen molar-refractivity contribution in [1.82, 2.24) is 14.6 Å². The Bertz CT molecular complexity index is 1310. The van der Waals surface area contributed by atoms with Crippen molar-refractivity contribution in [3.63, 3.8) is 0 Å². The number of aromatic hydroxyl groups is 1. The van der Waals surface area contributed by atoms with Crippen molar-refractivity contribution in [2.24, 2.45) is 0 Å². The van der Waals surface area contributed by atoms with Crippen LogP contribution in [0.25, 0.3) is 33.6 Å². The second-order valence-corrected chi connectivity index (χ2v) is 7.79. The van der Waals surface area contributed by atoms with Gasteiger partial charge in [0, 0.05) is 11.1 Å². The summed E-state index contributed by atoms with van der Waals surface area (Å²) in [4.78, 5) is 18.4. The van der Waals surface area contributed by atoms with Gasteiger partial charge in [-0.05, 0) is 55.9 Å². The van der Waals surface area contributed by atoms with Crippen molar-refractivity contribution in [3.05, 3.63) is 82.3 Å². The predicted molar refractivity (Wildman–Crippen MR) is 120 cm³/mol. The van der Waals surface area contributed by atoms with Gasteiger partial charge in [0.2, 0.25) is 0 Å². The Kier molecular flexibility index (Phi) is 4.51. The highest BCUT2D eigenvalue weighted by Crippen LogP contribution is 2.36. The van der Waals surface area contributed by atoms with Crippen molar-refractivity contribution < 1.29 is 5.11 Å². The normalized spacial score (nSPS) is 14.1. The van der Waals surface area contributed by atoms with E-state index >= 15 is 0 Å². The minimum Gasteiger partial charge on any atom is -0.508 e. The molecule has 4 aromatic rings. The molecule has 0 unspecified atom stereocenters. The standard InChI is InChI=1S/C25H23N3O2/c1-16-21(18-12-14-20(29)15-13-18)25(30)28-24(26-16)22(17-8-4-2-5-9-17)23(27-28)19-10-6-3-7-11-19/h3,6-8,10-15,27,29H,2,4-5,9H2,1H3. The molecule has 0 fully saturated rings. The summed E-state index contributed by atoms with van der Waals surface area (Å²) < 4.78 is 1.57. The van der Waals surface area contributed by atoms with Crippen LogP contribution in [-0.4, -0.2) is 19.7 Å². The number of allylic oxidation sites excluding steroid dienone is 2. The van der Waals surface area contributed by atoms with E-state index in [0.717, 1.165) is 41.6 Å². The van der Waals surface area contributed by atoms with Gasteiger partial charge in [-0.1, -0.05) is 48.5 Å². The van der Waals surface area contributed by atoms with E-state index in [1.807, 2.05) is 25.1 Å². The highest BCUT2D eigenvalue weighted by molar-refractivity contribution is 5.88. The average molecular weight is 397 g/mol. The van der Waals surface area contributed by atoms with Gasteiger partial charge in [0.15, 0.2) is 5.65 Å². The summed E-state index contributed by atoms with van der Waals surface area (Å²) >= 11 is 0. The molecule has 0 spiro atoms. The van der Waals surface area contributed by atoms with Crippen molar-refractivity contribution >= 4 is 11.2 Å². The molecule has 30 heavy (non-hydrogen) atoms. The Morgan fingerprint density at radius 2 is 1.73 bits per heavy atom. The first kappa shape index (κ1) is 18.4. The first-order valence-corrected chi connectivity index (χ1v) is 10.3. The maximum Gasteiger partial charge on any atom is 0.280 e. The molecule has 2 N–H and O–H groups in total. The lowest BCUT2D eigenvalue weighted by molar-refractivity contribution is 0.475. The fraction of sp³-hybridized carbons (Fsp3) is 0.200.